The maximum Gasteiger partial charge on any atom is 0.239 e. The zero-order valence-corrected chi connectivity index (χ0v) is 11.5. The SMILES string of the molecule is CC(c1ccc(F)cc1)N(C)C(=O)[C@@H]1CCCCN1. The smallest absolute Gasteiger partial charge is 0.239 e. The summed E-state index contributed by atoms with van der Waals surface area (Å²) in [6, 6.07) is 6.22. The number of carbonyl (C=O) groups excluding carboxylic acids is 1. The number of carbonyl (C=O) groups is 1. The first-order valence-corrected chi connectivity index (χ1v) is 6.85. The van der Waals surface area contributed by atoms with E-state index in [4.69, 9.17) is 0 Å². The van der Waals surface area contributed by atoms with Crippen molar-refractivity contribution in [3.05, 3.63) is 35.6 Å². The summed E-state index contributed by atoms with van der Waals surface area (Å²) >= 11 is 0. The van der Waals surface area contributed by atoms with Crippen LogP contribution in [0.5, 0.6) is 0 Å². The summed E-state index contributed by atoms with van der Waals surface area (Å²) in [5, 5.41) is 3.26. The Hall–Kier alpha value is -1.42. The Balaban J connectivity index is 2.03. The van der Waals surface area contributed by atoms with Crippen molar-refractivity contribution in [1.29, 1.82) is 0 Å². The van der Waals surface area contributed by atoms with E-state index in [1.54, 1.807) is 17.0 Å². The zero-order chi connectivity index (χ0) is 13.8. The van der Waals surface area contributed by atoms with E-state index in [0.717, 1.165) is 31.4 Å². The second-order valence-corrected chi connectivity index (χ2v) is 5.18. The molecule has 4 heteroatoms. The van der Waals surface area contributed by atoms with Crippen LogP contribution in [0.15, 0.2) is 24.3 Å². The predicted octanol–water partition coefficient (Wildman–Crippen LogP) is 2.49. The lowest BCUT2D eigenvalue weighted by Gasteiger charge is -2.31. The Morgan fingerprint density at radius 1 is 1.37 bits per heavy atom. The third-order valence-electron chi connectivity index (χ3n) is 3.89. The number of rotatable bonds is 3. The number of piperidine rings is 1. The minimum Gasteiger partial charge on any atom is -0.338 e. The number of halogens is 1. The molecule has 19 heavy (non-hydrogen) atoms. The van der Waals surface area contributed by atoms with Crippen molar-refractivity contribution in [2.24, 2.45) is 0 Å². The molecule has 1 heterocycles. The number of nitrogens with one attached hydrogen (secondary N) is 1. The summed E-state index contributed by atoms with van der Waals surface area (Å²) in [5.41, 5.74) is 0.952. The number of hydrogen-bond acceptors (Lipinski definition) is 2. The molecule has 1 aliphatic heterocycles. The molecule has 1 saturated heterocycles. The van der Waals surface area contributed by atoms with E-state index in [0.29, 0.717) is 0 Å². The normalized spacial score (nSPS) is 20.9. The van der Waals surface area contributed by atoms with Gasteiger partial charge in [0.1, 0.15) is 5.82 Å². The average Bonchev–Trinajstić information content (AvgIpc) is 2.46. The molecule has 0 saturated carbocycles. The molecule has 104 valence electrons. The largest absolute Gasteiger partial charge is 0.338 e. The van der Waals surface area contributed by atoms with Crippen LogP contribution in [0.3, 0.4) is 0 Å². The molecule has 1 amide bonds. The lowest BCUT2D eigenvalue weighted by molar-refractivity contribution is -0.134. The van der Waals surface area contributed by atoms with Crippen LogP contribution in [0.1, 0.15) is 37.8 Å². The molecule has 2 rings (SSSR count). The van der Waals surface area contributed by atoms with E-state index in [9.17, 15) is 9.18 Å². The van der Waals surface area contributed by atoms with Crippen LogP contribution < -0.4 is 5.32 Å². The lowest BCUT2D eigenvalue weighted by atomic mass is 10.0. The summed E-state index contributed by atoms with van der Waals surface area (Å²) in [6.07, 6.45) is 3.14. The van der Waals surface area contributed by atoms with Crippen molar-refractivity contribution in [3.63, 3.8) is 0 Å². The number of amides is 1. The second kappa shape index (κ2) is 6.15. The van der Waals surface area contributed by atoms with Gasteiger partial charge in [-0.1, -0.05) is 18.6 Å². The Morgan fingerprint density at radius 2 is 2.05 bits per heavy atom. The van der Waals surface area contributed by atoms with Gasteiger partial charge in [-0.05, 0) is 44.0 Å². The highest BCUT2D eigenvalue weighted by molar-refractivity contribution is 5.82. The van der Waals surface area contributed by atoms with Crippen molar-refractivity contribution in [2.45, 2.75) is 38.3 Å². The van der Waals surface area contributed by atoms with Crippen LogP contribution in [0, 0.1) is 5.82 Å². The minimum atomic E-state index is -0.251. The monoisotopic (exact) mass is 264 g/mol. The maximum atomic E-state index is 12.9. The van der Waals surface area contributed by atoms with Crippen molar-refractivity contribution in [1.82, 2.24) is 10.2 Å². The Labute approximate surface area is 113 Å². The lowest BCUT2D eigenvalue weighted by Crippen LogP contribution is -2.47. The average molecular weight is 264 g/mol. The summed E-state index contributed by atoms with van der Waals surface area (Å²) in [5.74, 6) is -0.129. The Morgan fingerprint density at radius 3 is 2.63 bits per heavy atom. The van der Waals surface area contributed by atoms with E-state index in [-0.39, 0.29) is 23.8 Å². The molecule has 3 nitrogen and oxygen atoms in total. The van der Waals surface area contributed by atoms with Gasteiger partial charge in [-0.15, -0.1) is 0 Å². The molecule has 1 fully saturated rings. The van der Waals surface area contributed by atoms with E-state index in [1.165, 1.54) is 12.1 Å². The Bertz CT molecular complexity index is 426. The van der Waals surface area contributed by atoms with Crippen molar-refractivity contribution < 1.29 is 9.18 Å². The fourth-order valence-electron chi connectivity index (χ4n) is 2.46. The van der Waals surface area contributed by atoms with Crippen LogP contribution in [-0.4, -0.2) is 30.4 Å². The van der Waals surface area contributed by atoms with Crippen LogP contribution in [-0.2, 0) is 4.79 Å². The molecule has 0 bridgehead atoms. The molecular weight excluding hydrogens is 243 g/mol. The molecule has 0 spiro atoms. The van der Waals surface area contributed by atoms with Crippen LogP contribution in [0.4, 0.5) is 4.39 Å². The van der Waals surface area contributed by atoms with Crippen molar-refractivity contribution >= 4 is 5.91 Å². The summed E-state index contributed by atoms with van der Waals surface area (Å²) in [6.45, 7) is 2.88. The van der Waals surface area contributed by atoms with Crippen LogP contribution >= 0.6 is 0 Å². The van der Waals surface area contributed by atoms with Crippen LogP contribution in [0.2, 0.25) is 0 Å². The summed E-state index contributed by atoms with van der Waals surface area (Å²) < 4.78 is 12.9. The van der Waals surface area contributed by atoms with Gasteiger partial charge in [-0.2, -0.15) is 0 Å². The highest BCUT2D eigenvalue weighted by Crippen LogP contribution is 2.21. The number of hydrogen-bond donors (Lipinski definition) is 1. The zero-order valence-electron chi connectivity index (χ0n) is 11.5. The molecule has 1 N–H and O–H groups in total. The van der Waals surface area contributed by atoms with E-state index < -0.39 is 0 Å². The van der Waals surface area contributed by atoms with Crippen LogP contribution in [0.25, 0.3) is 0 Å². The molecule has 1 aromatic carbocycles. The van der Waals surface area contributed by atoms with Gasteiger partial charge in [0, 0.05) is 7.05 Å². The topological polar surface area (TPSA) is 32.3 Å². The molecular formula is C15H21FN2O. The van der Waals surface area contributed by atoms with Gasteiger partial charge in [0.25, 0.3) is 0 Å². The van der Waals surface area contributed by atoms with Gasteiger partial charge in [0.15, 0.2) is 0 Å². The van der Waals surface area contributed by atoms with Gasteiger partial charge in [0.05, 0.1) is 12.1 Å². The van der Waals surface area contributed by atoms with Gasteiger partial charge < -0.3 is 10.2 Å². The highest BCUT2D eigenvalue weighted by atomic mass is 19.1. The quantitative estimate of drug-likeness (QED) is 0.909. The first-order valence-electron chi connectivity index (χ1n) is 6.85. The van der Waals surface area contributed by atoms with E-state index in [1.807, 2.05) is 14.0 Å². The molecule has 0 aliphatic carbocycles. The number of nitrogens with zero attached hydrogens (tertiary/aromatic N) is 1. The number of benzene rings is 1. The fraction of sp³-hybridized carbons (Fsp3) is 0.533. The molecule has 1 unspecified atom stereocenters. The maximum absolute atomic E-state index is 12.9. The van der Waals surface area contributed by atoms with Gasteiger partial charge in [-0.25, -0.2) is 4.39 Å². The Kier molecular flexibility index (Phi) is 4.53. The van der Waals surface area contributed by atoms with E-state index >= 15 is 0 Å². The molecule has 1 aliphatic rings. The number of likely N-dealkylation sites (N-methyl/N-ethyl adjacent to an activating group) is 1. The standard InChI is InChI=1S/C15H21FN2O/c1-11(12-6-8-13(16)9-7-12)18(2)15(19)14-5-3-4-10-17-14/h6-9,11,14,17H,3-5,10H2,1-2H3/t11?,14-/m0/s1. The summed E-state index contributed by atoms with van der Waals surface area (Å²) in [7, 11) is 1.81. The van der Waals surface area contributed by atoms with Gasteiger partial charge >= 0.3 is 0 Å². The van der Waals surface area contributed by atoms with Crippen molar-refractivity contribution in [3.8, 4) is 0 Å². The highest BCUT2D eigenvalue weighted by Gasteiger charge is 2.26. The molecule has 2 atom stereocenters. The second-order valence-electron chi connectivity index (χ2n) is 5.18. The fourth-order valence-corrected chi connectivity index (χ4v) is 2.46. The van der Waals surface area contributed by atoms with Gasteiger partial charge in [0.2, 0.25) is 5.91 Å². The third-order valence-corrected chi connectivity index (χ3v) is 3.89. The van der Waals surface area contributed by atoms with E-state index in [2.05, 4.69) is 5.32 Å². The predicted molar refractivity (Wildman–Crippen MR) is 73.2 cm³/mol. The first kappa shape index (κ1) is 14.0. The molecule has 0 radical (unpaired) electrons. The first-order chi connectivity index (χ1) is 9.09. The summed E-state index contributed by atoms with van der Waals surface area (Å²) in [4.78, 5) is 14.1. The third kappa shape index (κ3) is 3.32. The molecule has 1 aromatic rings. The minimum absolute atomic E-state index is 0.0446. The van der Waals surface area contributed by atoms with Gasteiger partial charge in [-0.3, -0.25) is 4.79 Å². The molecule has 0 aromatic heterocycles. The van der Waals surface area contributed by atoms with Crippen molar-refractivity contribution in [2.75, 3.05) is 13.6 Å².